The van der Waals surface area contributed by atoms with Crippen LogP contribution in [-0.4, -0.2) is 0 Å². The molecule has 40 valence electrons. The number of hydrogen-bond donors (Lipinski definition) is 0. The van der Waals surface area contributed by atoms with E-state index in [1.807, 2.05) is 0 Å². The van der Waals surface area contributed by atoms with Crippen molar-refractivity contribution in [3.05, 3.63) is 0 Å². The van der Waals surface area contributed by atoms with Gasteiger partial charge in [-0.15, -0.1) is 0 Å². The standard InChI is InChI=1S/3Ag.H2S/h;;;1H2/q;;+1;/p-1. The summed E-state index contributed by atoms with van der Waals surface area (Å²) in [5.41, 5.74) is 0. The van der Waals surface area contributed by atoms with Gasteiger partial charge in [-0.05, 0) is 0 Å². The van der Waals surface area contributed by atoms with Gasteiger partial charge in [0, 0.05) is 44.8 Å². The molecule has 0 aliphatic heterocycles. The molecule has 0 nitrogen and oxygen atoms in total. The van der Waals surface area contributed by atoms with Gasteiger partial charge in [0.05, 0.1) is 0 Å². The van der Waals surface area contributed by atoms with Crippen molar-refractivity contribution in [2.75, 3.05) is 0 Å². The number of rotatable bonds is 0. The molecule has 0 spiro atoms. The molecule has 0 rings (SSSR count). The Hall–Kier alpha value is 2.57. The Balaban J connectivity index is 0. The first-order valence-electron chi connectivity index (χ1n) is 0. The molecule has 0 aromatic rings. The average molecular weight is 357 g/mol. The van der Waals surface area contributed by atoms with E-state index in [0.29, 0.717) is 0 Å². The first-order chi connectivity index (χ1) is 0. The van der Waals surface area contributed by atoms with Crippen LogP contribution in [0, 0.1) is 0 Å². The summed E-state index contributed by atoms with van der Waals surface area (Å²) in [6.07, 6.45) is 0. The molecule has 0 saturated heterocycles. The van der Waals surface area contributed by atoms with Gasteiger partial charge in [-0.1, -0.05) is 0 Å². The molecule has 0 aromatic heterocycles. The van der Waals surface area contributed by atoms with E-state index in [0.717, 1.165) is 0 Å². The van der Waals surface area contributed by atoms with E-state index in [4.69, 9.17) is 0 Å². The van der Waals surface area contributed by atoms with Gasteiger partial charge >= 0.3 is 22.4 Å². The van der Waals surface area contributed by atoms with Gasteiger partial charge in [-0.25, -0.2) is 0 Å². The van der Waals surface area contributed by atoms with Gasteiger partial charge in [0.15, 0.2) is 0 Å². The SMILES string of the molecule is [Ag+].[Ag].[Ag].[SH-]. The second-order valence-electron chi connectivity index (χ2n) is 0. The Morgan fingerprint density at radius 1 is 0.750 bits per heavy atom. The van der Waals surface area contributed by atoms with Crippen LogP contribution in [0.25, 0.3) is 0 Å². The summed E-state index contributed by atoms with van der Waals surface area (Å²) < 4.78 is 0. The summed E-state index contributed by atoms with van der Waals surface area (Å²) in [6.45, 7) is 0. The number of thiol groups is 1. The van der Waals surface area contributed by atoms with E-state index in [1.54, 1.807) is 0 Å². The Bertz CT molecular complexity index is 3.25. The zero-order valence-electron chi connectivity index (χ0n) is 1.35. The molecule has 0 aliphatic carbocycles. The number of hydrogen-bond acceptors (Lipinski definition) is 1. The Kier molecular flexibility index (Phi) is 136. The topological polar surface area (TPSA) is 0 Å². The monoisotopic (exact) mass is 354 g/mol. The molecule has 0 heterocycles. The van der Waals surface area contributed by atoms with Gasteiger partial charge in [0.1, 0.15) is 0 Å². The molecule has 0 aromatic carbocycles. The maximum Gasteiger partial charge on any atom is 1.00 e. The molecule has 0 aliphatic rings. The van der Waals surface area contributed by atoms with Crippen molar-refractivity contribution in [3.8, 4) is 0 Å². The van der Waals surface area contributed by atoms with Crippen LogP contribution < -0.4 is 0 Å². The molecule has 0 atom stereocenters. The first kappa shape index (κ1) is 30.9. The van der Waals surface area contributed by atoms with E-state index in [9.17, 15) is 0 Å². The summed E-state index contributed by atoms with van der Waals surface area (Å²) in [4.78, 5) is 0. The van der Waals surface area contributed by atoms with Crippen LogP contribution in [0.4, 0.5) is 0 Å². The predicted molar refractivity (Wildman–Crippen MR) is 8.76 cm³/mol. The van der Waals surface area contributed by atoms with Crippen molar-refractivity contribution in [2.45, 2.75) is 0 Å². The third-order valence-corrected chi connectivity index (χ3v) is 0. The first-order valence-corrected chi connectivity index (χ1v) is 0. The molecule has 0 amide bonds. The maximum atomic E-state index is 0. The fraction of sp³-hybridized carbons (Fsp3) is 0. The minimum atomic E-state index is 0. The molecular formula is HAg3S. The fourth-order valence-electron chi connectivity index (χ4n) is 0. The van der Waals surface area contributed by atoms with Crippen LogP contribution in [0.2, 0.25) is 0 Å². The summed E-state index contributed by atoms with van der Waals surface area (Å²) in [7, 11) is 0. The summed E-state index contributed by atoms with van der Waals surface area (Å²) in [5, 5.41) is 0. The van der Waals surface area contributed by atoms with Gasteiger partial charge in [0.2, 0.25) is 0 Å². The molecule has 4 heavy (non-hydrogen) atoms. The van der Waals surface area contributed by atoms with Crippen LogP contribution in [0.1, 0.15) is 0 Å². The molecule has 0 N–H and O–H groups in total. The quantitative estimate of drug-likeness (QED) is 0.327. The third kappa shape index (κ3) is 8.82. The summed E-state index contributed by atoms with van der Waals surface area (Å²) in [5.74, 6) is 0. The molecule has 0 saturated carbocycles. The van der Waals surface area contributed by atoms with Gasteiger partial charge in [-0.3, -0.25) is 0 Å². The normalized spacial score (nSPS) is 0. The smallest absolute Gasteiger partial charge is 0.813 e. The van der Waals surface area contributed by atoms with E-state index in [1.165, 1.54) is 0 Å². The summed E-state index contributed by atoms with van der Waals surface area (Å²) >= 11 is 0. The molecular weight excluding hydrogens is 356 g/mol. The summed E-state index contributed by atoms with van der Waals surface area (Å²) in [6, 6.07) is 0. The van der Waals surface area contributed by atoms with Crippen LogP contribution >= 0.6 is 0 Å². The Labute approximate surface area is 79.5 Å². The minimum Gasteiger partial charge on any atom is -0.813 e. The fourth-order valence-corrected chi connectivity index (χ4v) is 0. The Morgan fingerprint density at radius 2 is 0.750 bits per heavy atom. The van der Waals surface area contributed by atoms with E-state index < -0.39 is 0 Å². The van der Waals surface area contributed by atoms with Gasteiger partial charge in [0.25, 0.3) is 0 Å². The third-order valence-electron chi connectivity index (χ3n) is 0. The van der Waals surface area contributed by atoms with E-state index in [-0.39, 0.29) is 80.6 Å². The zero-order valence-corrected chi connectivity index (χ0v) is 6.69. The van der Waals surface area contributed by atoms with Crippen molar-refractivity contribution in [3.63, 3.8) is 0 Å². The average Bonchev–Trinajstić information content (AvgIpc) is 0. The van der Waals surface area contributed by atoms with E-state index in [2.05, 4.69) is 0 Å². The molecule has 0 unspecified atom stereocenters. The van der Waals surface area contributed by atoms with Crippen molar-refractivity contribution in [2.24, 2.45) is 0 Å². The van der Waals surface area contributed by atoms with Gasteiger partial charge < -0.3 is 13.5 Å². The Morgan fingerprint density at radius 3 is 0.750 bits per heavy atom. The van der Waals surface area contributed by atoms with Crippen molar-refractivity contribution >= 4 is 13.5 Å². The second-order valence-corrected chi connectivity index (χ2v) is 0. The van der Waals surface area contributed by atoms with Crippen LogP contribution in [0.3, 0.4) is 0 Å². The largest absolute Gasteiger partial charge is 1.00 e. The van der Waals surface area contributed by atoms with Crippen molar-refractivity contribution < 1.29 is 67.1 Å². The molecule has 0 fully saturated rings. The second kappa shape index (κ2) is 17.6. The van der Waals surface area contributed by atoms with Crippen molar-refractivity contribution in [1.29, 1.82) is 0 Å². The maximum absolute atomic E-state index is 0. The van der Waals surface area contributed by atoms with E-state index >= 15 is 0 Å². The van der Waals surface area contributed by atoms with Crippen LogP contribution in [0.15, 0.2) is 0 Å². The van der Waals surface area contributed by atoms with Crippen LogP contribution in [0.5, 0.6) is 0 Å². The van der Waals surface area contributed by atoms with Crippen molar-refractivity contribution in [1.82, 2.24) is 0 Å². The minimum absolute atomic E-state index is 0. The molecule has 4 heteroatoms. The van der Waals surface area contributed by atoms with Crippen LogP contribution in [-0.2, 0) is 80.6 Å². The predicted octanol–water partition coefficient (Wildman–Crippen LogP) is -0.278. The zero-order chi connectivity index (χ0) is 0. The molecule has 0 bridgehead atoms. The van der Waals surface area contributed by atoms with Gasteiger partial charge in [-0.2, -0.15) is 0 Å². The molecule has 2 radical (unpaired) electrons.